The molecule has 1 aliphatic rings. The minimum Gasteiger partial charge on any atom is -0.366 e. The van der Waals surface area contributed by atoms with E-state index in [-0.39, 0.29) is 5.54 Å². The van der Waals surface area contributed by atoms with E-state index in [1.165, 1.54) is 5.69 Å². The first-order valence-electron chi connectivity index (χ1n) is 6.38. The predicted molar refractivity (Wildman–Crippen MR) is 76.0 cm³/mol. The van der Waals surface area contributed by atoms with Crippen LogP contribution in [0.5, 0.6) is 0 Å². The molecule has 0 radical (unpaired) electrons. The number of halogens is 1. The molecule has 1 aromatic rings. The molecule has 1 atom stereocenters. The van der Waals surface area contributed by atoms with E-state index in [2.05, 4.69) is 37.8 Å². The zero-order valence-corrected chi connectivity index (χ0v) is 12.0. The van der Waals surface area contributed by atoms with Gasteiger partial charge in [0.15, 0.2) is 0 Å². The SMILES string of the molecule is Cc1c(Cl)cccc1N1CCC(CC#N)C1(C)C. The Hall–Kier alpha value is -1.20. The van der Waals surface area contributed by atoms with Crippen molar-refractivity contribution < 1.29 is 0 Å². The molecule has 18 heavy (non-hydrogen) atoms. The molecular formula is C15H19ClN2. The molecule has 0 bridgehead atoms. The second kappa shape index (κ2) is 4.82. The molecule has 0 aliphatic carbocycles. The molecule has 2 rings (SSSR count). The first-order chi connectivity index (χ1) is 8.48. The van der Waals surface area contributed by atoms with Gasteiger partial charge in [0.2, 0.25) is 0 Å². The predicted octanol–water partition coefficient (Wildman–Crippen LogP) is 4.17. The number of nitriles is 1. The maximum absolute atomic E-state index is 8.92. The summed E-state index contributed by atoms with van der Waals surface area (Å²) in [4.78, 5) is 2.40. The van der Waals surface area contributed by atoms with Crippen molar-refractivity contribution in [2.24, 2.45) is 5.92 Å². The molecular weight excluding hydrogens is 244 g/mol. The first kappa shape index (κ1) is 13.2. The van der Waals surface area contributed by atoms with Gasteiger partial charge in [-0.25, -0.2) is 0 Å². The Balaban J connectivity index is 2.36. The van der Waals surface area contributed by atoms with Crippen LogP contribution in [0.15, 0.2) is 18.2 Å². The quantitative estimate of drug-likeness (QED) is 0.800. The van der Waals surface area contributed by atoms with Crippen molar-refractivity contribution in [2.75, 3.05) is 11.4 Å². The molecule has 0 spiro atoms. The smallest absolute Gasteiger partial charge is 0.0625 e. The fraction of sp³-hybridized carbons (Fsp3) is 0.533. The maximum Gasteiger partial charge on any atom is 0.0625 e. The van der Waals surface area contributed by atoms with Gasteiger partial charge < -0.3 is 4.90 Å². The first-order valence-corrected chi connectivity index (χ1v) is 6.76. The molecule has 1 unspecified atom stereocenters. The molecule has 0 N–H and O–H groups in total. The summed E-state index contributed by atoms with van der Waals surface area (Å²) in [6.45, 7) is 7.51. The molecule has 0 aromatic heterocycles. The largest absolute Gasteiger partial charge is 0.366 e. The van der Waals surface area contributed by atoms with Crippen LogP contribution in [0, 0.1) is 24.2 Å². The minimum absolute atomic E-state index is 0.0190. The van der Waals surface area contributed by atoms with Gasteiger partial charge in [-0.1, -0.05) is 17.7 Å². The number of benzene rings is 1. The summed E-state index contributed by atoms with van der Waals surface area (Å²) < 4.78 is 0. The van der Waals surface area contributed by atoms with E-state index in [1.54, 1.807) is 0 Å². The van der Waals surface area contributed by atoms with Gasteiger partial charge in [-0.2, -0.15) is 5.26 Å². The van der Waals surface area contributed by atoms with E-state index < -0.39 is 0 Å². The van der Waals surface area contributed by atoms with Gasteiger partial charge >= 0.3 is 0 Å². The number of hydrogen-bond donors (Lipinski definition) is 0. The Kier molecular flexibility index (Phi) is 3.54. The lowest BCUT2D eigenvalue weighted by molar-refractivity contribution is 0.371. The standard InChI is InChI=1S/C15H19ClN2/c1-11-13(16)5-4-6-14(11)18-10-8-12(7-9-17)15(18,2)3/h4-6,12H,7-8,10H2,1-3H3. The van der Waals surface area contributed by atoms with Crippen molar-refractivity contribution in [3.63, 3.8) is 0 Å². The fourth-order valence-electron chi connectivity index (χ4n) is 2.93. The molecule has 96 valence electrons. The summed E-state index contributed by atoms with van der Waals surface area (Å²) in [6, 6.07) is 8.36. The van der Waals surface area contributed by atoms with Crippen LogP contribution in [0.2, 0.25) is 5.02 Å². The van der Waals surface area contributed by atoms with Crippen molar-refractivity contribution in [1.82, 2.24) is 0 Å². The molecule has 1 fully saturated rings. The van der Waals surface area contributed by atoms with Gasteiger partial charge in [-0.15, -0.1) is 0 Å². The molecule has 1 aromatic carbocycles. The molecule has 1 saturated heterocycles. The lowest BCUT2D eigenvalue weighted by atomic mass is 9.86. The van der Waals surface area contributed by atoms with E-state index in [0.717, 1.165) is 23.6 Å². The average molecular weight is 263 g/mol. The van der Waals surface area contributed by atoms with Crippen molar-refractivity contribution in [1.29, 1.82) is 5.26 Å². The lowest BCUT2D eigenvalue weighted by Crippen LogP contribution is -2.42. The average Bonchev–Trinajstić information content (AvgIpc) is 2.60. The van der Waals surface area contributed by atoms with Crippen molar-refractivity contribution in [3.8, 4) is 6.07 Å². The van der Waals surface area contributed by atoms with E-state index in [1.807, 2.05) is 12.1 Å². The topological polar surface area (TPSA) is 27.0 Å². The van der Waals surface area contributed by atoms with Crippen LogP contribution >= 0.6 is 11.6 Å². The molecule has 2 nitrogen and oxygen atoms in total. The summed E-state index contributed by atoms with van der Waals surface area (Å²) in [5.41, 5.74) is 2.35. The zero-order valence-electron chi connectivity index (χ0n) is 11.2. The van der Waals surface area contributed by atoms with Crippen molar-refractivity contribution >= 4 is 17.3 Å². The second-order valence-corrected chi connectivity index (χ2v) is 5.94. The summed E-state index contributed by atoms with van der Waals surface area (Å²) in [6.07, 6.45) is 1.70. The lowest BCUT2D eigenvalue weighted by Gasteiger charge is -2.38. The van der Waals surface area contributed by atoms with E-state index >= 15 is 0 Å². The van der Waals surface area contributed by atoms with E-state index in [9.17, 15) is 0 Å². The van der Waals surface area contributed by atoms with Gasteiger partial charge in [0.25, 0.3) is 0 Å². The minimum atomic E-state index is 0.0190. The highest BCUT2D eigenvalue weighted by atomic mass is 35.5. The second-order valence-electron chi connectivity index (χ2n) is 5.54. The number of hydrogen-bond acceptors (Lipinski definition) is 2. The highest BCUT2D eigenvalue weighted by Gasteiger charge is 2.41. The van der Waals surface area contributed by atoms with Gasteiger partial charge in [-0.05, 0) is 50.8 Å². The number of rotatable bonds is 2. The molecule has 3 heteroatoms. The highest BCUT2D eigenvalue weighted by Crippen LogP contribution is 2.41. The summed E-state index contributed by atoms with van der Waals surface area (Å²) in [7, 11) is 0. The third-order valence-corrected chi connectivity index (χ3v) is 4.67. The van der Waals surface area contributed by atoms with Crippen LogP contribution in [-0.2, 0) is 0 Å². The molecule has 0 saturated carbocycles. The summed E-state index contributed by atoms with van der Waals surface area (Å²) >= 11 is 6.20. The summed E-state index contributed by atoms with van der Waals surface area (Å²) in [5, 5.41) is 9.74. The normalized spacial score (nSPS) is 21.9. The molecule has 1 aliphatic heterocycles. The van der Waals surface area contributed by atoms with Crippen LogP contribution in [0.4, 0.5) is 5.69 Å². The molecule has 1 heterocycles. The van der Waals surface area contributed by atoms with Crippen LogP contribution in [0.1, 0.15) is 32.3 Å². The van der Waals surface area contributed by atoms with Crippen LogP contribution in [0.25, 0.3) is 0 Å². The third-order valence-electron chi connectivity index (χ3n) is 4.26. The van der Waals surface area contributed by atoms with Crippen molar-refractivity contribution in [3.05, 3.63) is 28.8 Å². The van der Waals surface area contributed by atoms with Crippen LogP contribution < -0.4 is 4.90 Å². The number of nitrogens with zero attached hydrogens (tertiary/aromatic N) is 2. The Labute approximate surface area is 114 Å². The van der Waals surface area contributed by atoms with E-state index in [4.69, 9.17) is 16.9 Å². The Morgan fingerprint density at radius 3 is 2.89 bits per heavy atom. The zero-order chi connectivity index (χ0) is 13.3. The van der Waals surface area contributed by atoms with Crippen molar-refractivity contribution in [2.45, 2.75) is 39.2 Å². The van der Waals surface area contributed by atoms with Gasteiger partial charge in [0, 0.05) is 29.2 Å². The maximum atomic E-state index is 8.92. The fourth-order valence-corrected chi connectivity index (χ4v) is 3.10. The van der Waals surface area contributed by atoms with Crippen LogP contribution in [0.3, 0.4) is 0 Å². The van der Waals surface area contributed by atoms with Gasteiger partial charge in [-0.3, -0.25) is 0 Å². The van der Waals surface area contributed by atoms with Crippen LogP contribution in [-0.4, -0.2) is 12.1 Å². The third kappa shape index (κ3) is 2.08. The number of anilines is 1. The summed E-state index contributed by atoms with van der Waals surface area (Å²) in [5.74, 6) is 0.431. The van der Waals surface area contributed by atoms with Gasteiger partial charge in [0.05, 0.1) is 6.07 Å². The highest BCUT2D eigenvalue weighted by molar-refractivity contribution is 6.31. The monoisotopic (exact) mass is 262 g/mol. The van der Waals surface area contributed by atoms with Gasteiger partial charge in [0.1, 0.15) is 0 Å². The Morgan fingerprint density at radius 1 is 1.50 bits per heavy atom. The Morgan fingerprint density at radius 2 is 2.22 bits per heavy atom. The van der Waals surface area contributed by atoms with E-state index in [0.29, 0.717) is 12.3 Å². The molecule has 0 amide bonds. The Bertz CT molecular complexity index is 488.